The third kappa shape index (κ3) is 5.34. The van der Waals surface area contributed by atoms with E-state index < -0.39 is 0 Å². The molecule has 9 heteroatoms. The van der Waals surface area contributed by atoms with Crippen molar-refractivity contribution < 1.29 is 18.7 Å². The molecule has 8 nitrogen and oxygen atoms in total. The summed E-state index contributed by atoms with van der Waals surface area (Å²) >= 11 is 1.15. The maximum Gasteiger partial charge on any atom is 0.277 e. The van der Waals surface area contributed by atoms with Crippen LogP contribution in [0.15, 0.2) is 58.2 Å². The number of thioether (sulfide) groups is 1. The molecule has 1 aromatic heterocycles. The van der Waals surface area contributed by atoms with Gasteiger partial charge in [-0.3, -0.25) is 9.59 Å². The van der Waals surface area contributed by atoms with Gasteiger partial charge < -0.3 is 19.8 Å². The van der Waals surface area contributed by atoms with Crippen LogP contribution in [0.25, 0.3) is 11.5 Å². The zero-order chi connectivity index (χ0) is 19.9. The smallest absolute Gasteiger partial charge is 0.277 e. The van der Waals surface area contributed by atoms with E-state index in [9.17, 15) is 9.59 Å². The molecule has 0 bridgehead atoms. The van der Waals surface area contributed by atoms with Gasteiger partial charge in [0.15, 0.2) is 0 Å². The van der Waals surface area contributed by atoms with Gasteiger partial charge in [0.25, 0.3) is 5.22 Å². The SMILES string of the molecule is COc1ccc(-c2nnc(SCC(=O)Nc3ccc(NC(C)=O)cc3)o2)cc1. The lowest BCUT2D eigenvalue weighted by Crippen LogP contribution is -2.14. The molecule has 0 saturated carbocycles. The summed E-state index contributed by atoms with van der Waals surface area (Å²) in [4.78, 5) is 23.1. The minimum Gasteiger partial charge on any atom is -0.497 e. The first-order valence-corrected chi connectivity index (χ1v) is 9.30. The third-order valence-corrected chi connectivity index (χ3v) is 4.38. The zero-order valence-electron chi connectivity index (χ0n) is 15.3. The summed E-state index contributed by atoms with van der Waals surface area (Å²) in [5, 5.41) is 13.7. The molecule has 0 saturated heterocycles. The Morgan fingerprint density at radius 2 is 1.64 bits per heavy atom. The molecule has 0 aliphatic rings. The van der Waals surface area contributed by atoms with Crippen molar-refractivity contribution in [3.8, 4) is 17.2 Å². The molecule has 0 unspecified atom stereocenters. The van der Waals surface area contributed by atoms with Crippen LogP contribution in [0.5, 0.6) is 5.75 Å². The lowest BCUT2D eigenvalue weighted by atomic mass is 10.2. The van der Waals surface area contributed by atoms with Crippen LogP contribution >= 0.6 is 11.8 Å². The maximum atomic E-state index is 12.1. The lowest BCUT2D eigenvalue weighted by Gasteiger charge is -2.06. The van der Waals surface area contributed by atoms with E-state index in [-0.39, 0.29) is 17.6 Å². The van der Waals surface area contributed by atoms with Crippen LogP contribution in [0.4, 0.5) is 11.4 Å². The van der Waals surface area contributed by atoms with Crippen molar-refractivity contribution >= 4 is 35.0 Å². The quantitative estimate of drug-likeness (QED) is 0.587. The number of methoxy groups -OCH3 is 1. The standard InChI is InChI=1S/C19H18N4O4S/c1-12(24)20-14-5-7-15(8-6-14)21-17(25)11-28-19-23-22-18(27-19)13-3-9-16(26-2)10-4-13/h3-10H,11H2,1-2H3,(H,20,24)(H,21,25). The van der Waals surface area contributed by atoms with E-state index in [1.54, 1.807) is 43.5 Å². The summed E-state index contributed by atoms with van der Waals surface area (Å²) in [6.07, 6.45) is 0. The van der Waals surface area contributed by atoms with Crippen LogP contribution in [-0.4, -0.2) is 34.9 Å². The van der Waals surface area contributed by atoms with Gasteiger partial charge in [0, 0.05) is 23.9 Å². The van der Waals surface area contributed by atoms with Crippen molar-refractivity contribution in [1.82, 2.24) is 10.2 Å². The monoisotopic (exact) mass is 398 g/mol. The minimum absolute atomic E-state index is 0.123. The fourth-order valence-electron chi connectivity index (χ4n) is 2.28. The molecule has 28 heavy (non-hydrogen) atoms. The van der Waals surface area contributed by atoms with E-state index in [1.807, 2.05) is 12.1 Å². The highest BCUT2D eigenvalue weighted by molar-refractivity contribution is 7.99. The van der Waals surface area contributed by atoms with E-state index in [0.29, 0.717) is 22.5 Å². The minimum atomic E-state index is -0.207. The van der Waals surface area contributed by atoms with Crippen molar-refractivity contribution in [3.63, 3.8) is 0 Å². The Bertz CT molecular complexity index is 955. The fraction of sp³-hybridized carbons (Fsp3) is 0.158. The Labute approximate surface area is 165 Å². The number of rotatable bonds is 7. The Kier molecular flexibility index (Phi) is 6.28. The topological polar surface area (TPSA) is 106 Å². The molecule has 0 aliphatic carbocycles. The van der Waals surface area contributed by atoms with Crippen LogP contribution < -0.4 is 15.4 Å². The van der Waals surface area contributed by atoms with Gasteiger partial charge in [0.1, 0.15) is 5.75 Å². The Morgan fingerprint density at radius 3 is 2.25 bits per heavy atom. The van der Waals surface area contributed by atoms with Gasteiger partial charge in [-0.05, 0) is 48.5 Å². The molecule has 0 aliphatic heterocycles. The Balaban J connectivity index is 1.52. The summed E-state index contributed by atoms with van der Waals surface area (Å²) in [7, 11) is 1.60. The second-order valence-corrected chi connectivity index (χ2v) is 6.62. The van der Waals surface area contributed by atoms with Gasteiger partial charge >= 0.3 is 0 Å². The first-order chi connectivity index (χ1) is 13.5. The van der Waals surface area contributed by atoms with Crippen molar-refractivity contribution in [3.05, 3.63) is 48.5 Å². The van der Waals surface area contributed by atoms with E-state index in [1.165, 1.54) is 6.92 Å². The lowest BCUT2D eigenvalue weighted by molar-refractivity contribution is -0.114. The van der Waals surface area contributed by atoms with Gasteiger partial charge in [-0.15, -0.1) is 10.2 Å². The average Bonchev–Trinajstić information content (AvgIpc) is 3.17. The number of carbonyl (C=O) groups excluding carboxylic acids is 2. The number of amides is 2. The molecule has 2 amide bonds. The second kappa shape index (κ2) is 9.05. The number of aromatic nitrogens is 2. The van der Waals surface area contributed by atoms with E-state index in [4.69, 9.17) is 9.15 Å². The van der Waals surface area contributed by atoms with E-state index in [2.05, 4.69) is 20.8 Å². The number of hydrogen-bond acceptors (Lipinski definition) is 7. The number of ether oxygens (including phenoxy) is 1. The van der Waals surface area contributed by atoms with Crippen molar-refractivity contribution in [2.75, 3.05) is 23.5 Å². The summed E-state index contributed by atoms with van der Waals surface area (Å²) in [5.74, 6) is 0.875. The zero-order valence-corrected chi connectivity index (χ0v) is 16.1. The molecule has 0 spiro atoms. The maximum absolute atomic E-state index is 12.1. The third-order valence-electron chi connectivity index (χ3n) is 3.56. The molecule has 2 N–H and O–H groups in total. The van der Waals surface area contributed by atoms with Gasteiger partial charge in [-0.1, -0.05) is 11.8 Å². The van der Waals surface area contributed by atoms with Crippen LogP contribution in [-0.2, 0) is 9.59 Å². The van der Waals surface area contributed by atoms with E-state index >= 15 is 0 Å². The van der Waals surface area contributed by atoms with Crippen molar-refractivity contribution in [2.24, 2.45) is 0 Å². The summed E-state index contributed by atoms with van der Waals surface area (Å²) in [6, 6.07) is 14.1. The molecule has 0 fully saturated rings. The average molecular weight is 398 g/mol. The van der Waals surface area contributed by atoms with Gasteiger partial charge in [0.05, 0.1) is 12.9 Å². The van der Waals surface area contributed by atoms with E-state index in [0.717, 1.165) is 23.1 Å². The van der Waals surface area contributed by atoms with Crippen LogP contribution in [0.3, 0.4) is 0 Å². The predicted molar refractivity (Wildman–Crippen MR) is 106 cm³/mol. The van der Waals surface area contributed by atoms with Crippen LogP contribution in [0.2, 0.25) is 0 Å². The molecular weight excluding hydrogens is 380 g/mol. The number of nitrogens with one attached hydrogen (secondary N) is 2. The molecular formula is C19H18N4O4S. The number of carbonyl (C=O) groups is 2. The van der Waals surface area contributed by atoms with Gasteiger partial charge in [-0.2, -0.15) is 0 Å². The predicted octanol–water partition coefficient (Wildman–Crippen LogP) is 3.43. The van der Waals surface area contributed by atoms with Crippen molar-refractivity contribution in [2.45, 2.75) is 12.1 Å². The molecule has 0 atom stereocenters. The molecule has 3 aromatic rings. The molecule has 144 valence electrons. The highest BCUT2D eigenvalue weighted by Gasteiger charge is 2.11. The molecule has 3 rings (SSSR count). The number of hydrogen-bond donors (Lipinski definition) is 2. The summed E-state index contributed by atoms with van der Waals surface area (Å²) in [5.41, 5.74) is 2.06. The summed E-state index contributed by atoms with van der Waals surface area (Å²) < 4.78 is 10.7. The second-order valence-electron chi connectivity index (χ2n) is 5.70. The first kappa shape index (κ1) is 19.4. The Hall–Kier alpha value is -3.33. The number of benzene rings is 2. The first-order valence-electron chi connectivity index (χ1n) is 8.32. The normalized spacial score (nSPS) is 10.4. The number of anilines is 2. The number of nitrogens with zero attached hydrogens (tertiary/aromatic N) is 2. The van der Waals surface area contributed by atoms with Gasteiger partial charge in [0.2, 0.25) is 17.7 Å². The molecule has 1 heterocycles. The highest BCUT2D eigenvalue weighted by atomic mass is 32.2. The van der Waals surface area contributed by atoms with Crippen molar-refractivity contribution in [1.29, 1.82) is 0 Å². The highest BCUT2D eigenvalue weighted by Crippen LogP contribution is 2.25. The van der Waals surface area contributed by atoms with Crippen LogP contribution in [0.1, 0.15) is 6.92 Å². The molecule has 2 aromatic carbocycles. The molecule has 0 radical (unpaired) electrons. The fourth-order valence-corrected chi connectivity index (χ4v) is 2.85. The van der Waals surface area contributed by atoms with Gasteiger partial charge in [-0.25, -0.2) is 0 Å². The summed E-state index contributed by atoms with van der Waals surface area (Å²) in [6.45, 7) is 1.44. The van der Waals surface area contributed by atoms with Crippen LogP contribution in [0, 0.1) is 0 Å². The largest absolute Gasteiger partial charge is 0.497 e. The Morgan fingerprint density at radius 1 is 1.00 bits per heavy atom.